The summed E-state index contributed by atoms with van der Waals surface area (Å²) < 4.78 is 4.81. The summed E-state index contributed by atoms with van der Waals surface area (Å²) in [5.74, 6) is -0.285. The predicted octanol–water partition coefficient (Wildman–Crippen LogP) is 3.24. The van der Waals surface area contributed by atoms with Gasteiger partial charge in [-0.3, -0.25) is 4.79 Å². The van der Waals surface area contributed by atoms with Gasteiger partial charge in [-0.05, 0) is 38.8 Å². The molecule has 1 aromatic carbocycles. The molecule has 4 nitrogen and oxygen atoms in total. The molecular weight excluding hydrogens is 298 g/mol. The molecular formula is C17H25NO3S. The third-order valence-electron chi connectivity index (χ3n) is 3.50. The van der Waals surface area contributed by atoms with Crippen molar-refractivity contribution in [2.75, 3.05) is 12.9 Å². The summed E-state index contributed by atoms with van der Waals surface area (Å²) in [6, 6.07) is 6.17. The first kappa shape index (κ1) is 18.6. The lowest BCUT2D eigenvalue weighted by Gasteiger charge is -2.27. The molecule has 0 aromatic heterocycles. The molecule has 1 aromatic rings. The van der Waals surface area contributed by atoms with Crippen LogP contribution in [0.1, 0.15) is 37.8 Å². The molecule has 0 bridgehead atoms. The predicted molar refractivity (Wildman–Crippen MR) is 90.1 cm³/mol. The van der Waals surface area contributed by atoms with E-state index in [-0.39, 0.29) is 11.7 Å². The van der Waals surface area contributed by atoms with Crippen LogP contribution in [0.2, 0.25) is 0 Å². The minimum Gasteiger partial charge on any atom is -0.467 e. The monoisotopic (exact) mass is 323 g/mol. The SMILES string of the molecule is CCCC(C)(NC(=O)CSc1cc(C)ccc1C)C(=O)OC. The van der Waals surface area contributed by atoms with E-state index in [1.165, 1.54) is 24.4 Å². The smallest absolute Gasteiger partial charge is 0.331 e. The Morgan fingerprint density at radius 3 is 2.59 bits per heavy atom. The maximum absolute atomic E-state index is 12.2. The number of ether oxygens (including phenoxy) is 1. The van der Waals surface area contributed by atoms with Crippen molar-refractivity contribution in [2.24, 2.45) is 0 Å². The van der Waals surface area contributed by atoms with Gasteiger partial charge in [0, 0.05) is 4.90 Å². The Balaban J connectivity index is 2.68. The normalized spacial score (nSPS) is 13.3. The summed E-state index contributed by atoms with van der Waals surface area (Å²) in [6.45, 7) is 7.73. The maximum Gasteiger partial charge on any atom is 0.331 e. The largest absolute Gasteiger partial charge is 0.467 e. The molecule has 0 aliphatic rings. The van der Waals surface area contributed by atoms with Crippen LogP contribution in [0.5, 0.6) is 0 Å². The van der Waals surface area contributed by atoms with Gasteiger partial charge in [0.05, 0.1) is 12.9 Å². The summed E-state index contributed by atoms with van der Waals surface area (Å²) >= 11 is 1.48. The van der Waals surface area contributed by atoms with Gasteiger partial charge < -0.3 is 10.1 Å². The molecule has 1 unspecified atom stereocenters. The van der Waals surface area contributed by atoms with E-state index in [1.807, 2.05) is 26.8 Å². The topological polar surface area (TPSA) is 55.4 Å². The molecule has 1 rings (SSSR count). The molecule has 0 heterocycles. The number of hydrogen-bond acceptors (Lipinski definition) is 4. The van der Waals surface area contributed by atoms with E-state index >= 15 is 0 Å². The fourth-order valence-corrected chi connectivity index (χ4v) is 3.21. The lowest BCUT2D eigenvalue weighted by molar-refractivity contribution is -0.150. The molecule has 0 fully saturated rings. The molecule has 122 valence electrons. The van der Waals surface area contributed by atoms with Gasteiger partial charge in [0.2, 0.25) is 5.91 Å². The second kappa shape index (κ2) is 8.22. The second-order valence-corrected chi connectivity index (χ2v) is 6.70. The Morgan fingerprint density at radius 2 is 2.00 bits per heavy atom. The van der Waals surface area contributed by atoms with Crippen LogP contribution in [0.25, 0.3) is 0 Å². The molecule has 0 aliphatic heterocycles. The first-order chi connectivity index (χ1) is 10.3. The Morgan fingerprint density at radius 1 is 1.32 bits per heavy atom. The van der Waals surface area contributed by atoms with Gasteiger partial charge in [-0.1, -0.05) is 31.0 Å². The van der Waals surface area contributed by atoms with Crippen molar-refractivity contribution < 1.29 is 14.3 Å². The van der Waals surface area contributed by atoms with E-state index in [0.29, 0.717) is 6.42 Å². The molecule has 1 amide bonds. The number of hydrogen-bond donors (Lipinski definition) is 1. The molecule has 22 heavy (non-hydrogen) atoms. The number of aryl methyl sites for hydroxylation is 2. The summed E-state index contributed by atoms with van der Waals surface area (Å²) in [7, 11) is 1.34. The van der Waals surface area contributed by atoms with Gasteiger partial charge in [-0.15, -0.1) is 11.8 Å². The van der Waals surface area contributed by atoms with E-state index in [9.17, 15) is 9.59 Å². The van der Waals surface area contributed by atoms with Crippen LogP contribution < -0.4 is 5.32 Å². The van der Waals surface area contributed by atoms with Crippen molar-refractivity contribution in [3.05, 3.63) is 29.3 Å². The first-order valence-corrected chi connectivity index (χ1v) is 8.40. The number of nitrogens with one attached hydrogen (secondary N) is 1. The maximum atomic E-state index is 12.2. The molecule has 5 heteroatoms. The Bertz CT molecular complexity index is 545. The summed E-state index contributed by atoms with van der Waals surface area (Å²) in [4.78, 5) is 25.2. The van der Waals surface area contributed by atoms with Crippen molar-refractivity contribution in [2.45, 2.75) is 51.0 Å². The first-order valence-electron chi connectivity index (χ1n) is 7.42. The van der Waals surface area contributed by atoms with Gasteiger partial charge in [0.25, 0.3) is 0 Å². The number of amides is 1. The van der Waals surface area contributed by atoms with Crippen LogP contribution in [0, 0.1) is 13.8 Å². The number of benzene rings is 1. The number of methoxy groups -OCH3 is 1. The molecule has 0 radical (unpaired) electrons. The van der Waals surface area contributed by atoms with Gasteiger partial charge in [-0.25, -0.2) is 4.79 Å². The third-order valence-corrected chi connectivity index (χ3v) is 4.66. The summed E-state index contributed by atoms with van der Waals surface area (Å²) in [5.41, 5.74) is 1.36. The van der Waals surface area contributed by atoms with Crippen LogP contribution in [0.4, 0.5) is 0 Å². The highest BCUT2D eigenvalue weighted by atomic mass is 32.2. The number of thioether (sulfide) groups is 1. The van der Waals surface area contributed by atoms with Gasteiger partial charge in [0.1, 0.15) is 5.54 Å². The molecule has 0 spiro atoms. The zero-order valence-electron chi connectivity index (χ0n) is 14.0. The fraction of sp³-hybridized carbons (Fsp3) is 0.529. The van der Waals surface area contributed by atoms with Crippen molar-refractivity contribution in [1.82, 2.24) is 5.32 Å². The minimum atomic E-state index is -0.956. The number of carbonyl (C=O) groups is 2. The highest BCUT2D eigenvalue weighted by Gasteiger charge is 2.34. The van der Waals surface area contributed by atoms with E-state index in [0.717, 1.165) is 16.9 Å². The van der Waals surface area contributed by atoms with Gasteiger partial charge in [-0.2, -0.15) is 0 Å². The van der Waals surface area contributed by atoms with Gasteiger partial charge >= 0.3 is 5.97 Å². The van der Waals surface area contributed by atoms with Crippen LogP contribution in [0.15, 0.2) is 23.1 Å². The Kier molecular flexibility index (Phi) is 6.94. The zero-order valence-corrected chi connectivity index (χ0v) is 14.8. The average molecular weight is 323 g/mol. The van der Waals surface area contributed by atoms with E-state index in [2.05, 4.69) is 17.4 Å². The Hall–Kier alpha value is -1.49. The van der Waals surface area contributed by atoms with E-state index in [4.69, 9.17) is 4.74 Å². The molecule has 0 saturated carbocycles. The quantitative estimate of drug-likeness (QED) is 0.618. The molecule has 0 saturated heterocycles. The minimum absolute atomic E-state index is 0.160. The Labute approximate surface area is 137 Å². The van der Waals surface area contributed by atoms with Crippen molar-refractivity contribution in [3.63, 3.8) is 0 Å². The summed E-state index contributed by atoms with van der Waals surface area (Å²) in [6.07, 6.45) is 1.34. The van der Waals surface area contributed by atoms with Crippen LogP contribution in [-0.4, -0.2) is 30.3 Å². The number of rotatable bonds is 7. The summed E-state index contributed by atoms with van der Waals surface area (Å²) in [5, 5.41) is 2.82. The highest BCUT2D eigenvalue weighted by Crippen LogP contribution is 2.24. The zero-order chi connectivity index (χ0) is 16.8. The van der Waals surface area contributed by atoms with Crippen molar-refractivity contribution in [3.8, 4) is 0 Å². The van der Waals surface area contributed by atoms with Crippen LogP contribution in [0.3, 0.4) is 0 Å². The highest BCUT2D eigenvalue weighted by molar-refractivity contribution is 8.00. The van der Waals surface area contributed by atoms with Crippen LogP contribution >= 0.6 is 11.8 Å². The third kappa shape index (κ3) is 5.05. The lowest BCUT2D eigenvalue weighted by Crippen LogP contribution is -2.53. The molecule has 0 aliphatic carbocycles. The molecule has 1 N–H and O–H groups in total. The van der Waals surface area contributed by atoms with Crippen molar-refractivity contribution in [1.29, 1.82) is 0 Å². The number of esters is 1. The average Bonchev–Trinajstić information content (AvgIpc) is 2.47. The standard InChI is InChI=1S/C17H25NO3S/c1-6-9-17(4,16(20)21-5)18-15(19)11-22-14-10-12(2)7-8-13(14)3/h7-8,10H,6,9,11H2,1-5H3,(H,18,19). The fourth-order valence-electron chi connectivity index (χ4n) is 2.29. The van der Waals surface area contributed by atoms with Crippen LogP contribution in [-0.2, 0) is 14.3 Å². The van der Waals surface area contributed by atoms with Gasteiger partial charge in [0.15, 0.2) is 0 Å². The lowest BCUT2D eigenvalue weighted by atomic mass is 9.96. The number of carbonyl (C=O) groups excluding carboxylic acids is 2. The second-order valence-electron chi connectivity index (χ2n) is 5.68. The molecule has 1 atom stereocenters. The van der Waals surface area contributed by atoms with Crippen molar-refractivity contribution >= 4 is 23.6 Å². The van der Waals surface area contributed by atoms with E-state index in [1.54, 1.807) is 6.92 Å². The van der Waals surface area contributed by atoms with E-state index < -0.39 is 11.5 Å².